The fraction of sp³-hybridized carbons (Fsp3) is 0.619. The second-order valence-electron chi connectivity index (χ2n) is 8.55. The van der Waals surface area contributed by atoms with Gasteiger partial charge in [0, 0.05) is 50.6 Å². The highest BCUT2D eigenvalue weighted by Crippen LogP contribution is 2.44. The molecular formula is C21H28N6O. The Morgan fingerprint density at radius 2 is 1.96 bits per heavy atom. The van der Waals surface area contributed by atoms with Crippen LogP contribution in [0.5, 0.6) is 0 Å². The van der Waals surface area contributed by atoms with E-state index in [0.717, 1.165) is 61.8 Å². The number of carbonyl (C=O) groups excluding carboxylic acids is 1. The SMILES string of the molecule is C[C@@H]1C[C@@H]1C(=O)N1CCC[C@H]1c1nn(C)cc1-c1ccnc(N2CCCC2)n1. The van der Waals surface area contributed by atoms with Gasteiger partial charge in [-0.1, -0.05) is 6.92 Å². The minimum absolute atomic E-state index is 0.0571. The number of hydrogen-bond acceptors (Lipinski definition) is 5. The summed E-state index contributed by atoms with van der Waals surface area (Å²) < 4.78 is 1.85. The molecule has 0 aromatic carbocycles. The predicted molar refractivity (Wildman–Crippen MR) is 107 cm³/mol. The van der Waals surface area contributed by atoms with E-state index in [4.69, 9.17) is 10.1 Å². The van der Waals surface area contributed by atoms with Crippen LogP contribution < -0.4 is 4.90 Å². The van der Waals surface area contributed by atoms with Crippen LogP contribution in [0.2, 0.25) is 0 Å². The molecule has 1 amide bonds. The maximum atomic E-state index is 12.9. The molecule has 1 saturated carbocycles. The standard InChI is InChI=1S/C21H28N6O/c1-14-12-15(14)20(28)27-11-5-6-18(27)19-16(13-25(2)24-19)17-7-8-22-21(23-17)26-9-3-4-10-26/h7-8,13-15,18H,3-6,9-12H2,1-2H3/t14-,15+,18+/m1/s1. The smallest absolute Gasteiger partial charge is 0.226 e. The van der Waals surface area contributed by atoms with Crippen LogP contribution in [0.1, 0.15) is 50.8 Å². The summed E-state index contributed by atoms with van der Waals surface area (Å²) >= 11 is 0. The van der Waals surface area contributed by atoms with Crippen LogP contribution in [0.25, 0.3) is 11.3 Å². The number of likely N-dealkylation sites (tertiary alicyclic amines) is 1. The van der Waals surface area contributed by atoms with Crippen LogP contribution in [0.3, 0.4) is 0 Å². The van der Waals surface area contributed by atoms with Gasteiger partial charge in [-0.15, -0.1) is 0 Å². The lowest BCUT2D eigenvalue weighted by atomic mass is 10.0. The quantitative estimate of drug-likeness (QED) is 0.816. The Morgan fingerprint density at radius 3 is 2.71 bits per heavy atom. The van der Waals surface area contributed by atoms with E-state index >= 15 is 0 Å². The van der Waals surface area contributed by atoms with Gasteiger partial charge in [0.05, 0.1) is 17.4 Å². The molecule has 0 radical (unpaired) electrons. The topological polar surface area (TPSA) is 67.2 Å². The fourth-order valence-corrected chi connectivity index (χ4v) is 4.71. The number of amides is 1. The zero-order valence-electron chi connectivity index (χ0n) is 16.7. The molecule has 2 aliphatic heterocycles. The summed E-state index contributed by atoms with van der Waals surface area (Å²) in [6.07, 6.45) is 9.32. The minimum atomic E-state index is 0.0571. The Morgan fingerprint density at radius 1 is 1.18 bits per heavy atom. The Labute approximate surface area is 165 Å². The van der Waals surface area contributed by atoms with Crippen molar-refractivity contribution in [1.29, 1.82) is 0 Å². The molecule has 7 heteroatoms. The monoisotopic (exact) mass is 380 g/mol. The van der Waals surface area contributed by atoms with Gasteiger partial charge in [0.25, 0.3) is 0 Å². The molecule has 3 aliphatic rings. The maximum absolute atomic E-state index is 12.9. The summed E-state index contributed by atoms with van der Waals surface area (Å²) in [5, 5.41) is 4.78. The van der Waals surface area contributed by atoms with Crippen LogP contribution in [0.4, 0.5) is 5.95 Å². The number of carbonyl (C=O) groups is 1. The third-order valence-electron chi connectivity index (χ3n) is 6.44. The molecule has 2 saturated heterocycles. The van der Waals surface area contributed by atoms with Crippen molar-refractivity contribution >= 4 is 11.9 Å². The molecular weight excluding hydrogens is 352 g/mol. The van der Waals surface area contributed by atoms with Crippen LogP contribution >= 0.6 is 0 Å². The molecule has 2 aromatic heterocycles. The van der Waals surface area contributed by atoms with E-state index < -0.39 is 0 Å². The minimum Gasteiger partial charge on any atom is -0.341 e. The molecule has 7 nitrogen and oxygen atoms in total. The van der Waals surface area contributed by atoms with Gasteiger partial charge >= 0.3 is 0 Å². The first-order valence-electron chi connectivity index (χ1n) is 10.5. The second-order valence-corrected chi connectivity index (χ2v) is 8.55. The van der Waals surface area contributed by atoms with Crippen molar-refractivity contribution in [3.63, 3.8) is 0 Å². The third kappa shape index (κ3) is 3.06. The highest BCUT2D eigenvalue weighted by atomic mass is 16.2. The number of anilines is 1. The van der Waals surface area contributed by atoms with E-state index in [2.05, 4.69) is 21.7 Å². The first kappa shape index (κ1) is 17.6. The predicted octanol–water partition coefficient (Wildman–Crippen LogP) is 2.80. The van der Waals surface area contributed by atoms with Gasteiger partial charge in [0.2, 0.25) is 11.9 Å². The van der Waals surface area contributed by atoms with E-state index in [9.17, 15) is 4.79 Å². The second kappa shape index (κ2) is 6.87. The van der Waals surface area contributed by atoms with E-state index in [1.54, 1.807) is 0 Å². The molecule has 0 spiro atoms. The fourth-order valence-electron chi connectivity index (χ4n) is 4.71. The molecule has 148 valence electrons. The molecule has 4 heterocycles. The summed E-state index contributed by atoms with van der Waals surface area (Å²) in [7, 11) is 1.94. The van der Waals surface area contributed by atoms with E-state index in [-0.39, 0.29) is 12.0 Å². The lowest BCUT2D eigenvalue weighted by molar-refractivity contribution is -0.133. The summed E-state index contributed by atoms with van der Waals surface area (Å²) in [5.41, 5.74) is 2.91. The van der Waals surface area contributed by atoms with Crippen molar-refractivity contribution in [1.82, 2.24) is 24.6 Å². The van der Waals surface area contributed by atoms with Crippen molar-refractivity contribution in [3.8, 4) is 11.3 Å². The van der Waals surface area contributed by atoms with Crippen molar-refractivity contribution in [2.75, 3.05) is 24.5 Å². The van der Waals surface area contributed by atoms with E-state index in [0.29, 0.717) is 11.8 Å². The van der Waals surface area contributed by atoms with E-state index in [1.807, 2.05) is 30.2 Å². The number of hydrogen-bond donors (Lipinski definition) is 0. The molecule has 0 bridgehead atoms. The zero-order chi connectivity index (χ0) is 19.3. The summed E-state index contributed by atoms with van der Waals surface area (Å²) in [4.78, 5) is 26.6. The average Bonchev–Trinajstić information content (AvgIpc) is 3.17. The lowest BCUT2D eigenvalue weighted by Gasteiger charge is -2.24. The first-order chi connectivity index (χ1) is 13.6. The molecule has 0 unspecified atom stereocenters. The zero-order valence-corrected chi connectivity index (χ0v) is 16.7. The van der Waals surface area contributed by atoms with Crippen LogP contribution in [-0.4, -0.2) is 50.2 Å². The first-order valence-corrected chi connectivity index (χ1v) is 10.5. The highest BCUT2D eigenvalue weighted by Gasteiger charge is 2.45. The number of aryl methyl sites for hydroxylation is 1. The number of aromatic nitrogens is 4. The van der Waals surface area contributed by atoms with Gasteiger partial charge in [0.1, 0.15) is 0 Å². The maximum Gasteiger partial charge on any atom is 0.226 e. The Hall–Kier alpha value is -2.44. The number of nitrogens with zero attached hydrogens (tertiary/aromatic N) is 6. The molecule has 1 aliphatic carbocycles. The molecule has 5 rings (SSSR count). The van der Waals surface area contributed by atoms with Crippen LogP contribution in [0, 0.1) is 11.8 Å². The Balaban J connectivity index is 1.47. The largest absolute Gasteiger partial charge is 0.341 e. The highest BCUT2D eigenvalue weighted by molar-refractivity contribution is 5.82. The molecule has 3 fully saturated rings. The summed E-state index contributed by atoms with van der Waals surface area (Å²) in [6.45, 7) is 5.05. The molecule has 3 atom stereocenters. The van der Waals surface area contributed by atoms with Crippen LogP contribution in [0.15, 0.2) is 18.5 Å². The van der Waals surface area contributed by atoms with Gasteiger partial charge in [-0.2, -0.15) is 5.10 Å². The summed E-state index contributed by atoms with van der Waals surface area (Å²) in [6, 6.07) is 2.02. The third-order valence-corrected chi connectivity index (χ3v) is 6.44. The van der Waals surface area contributed by atoms with E-state index in [1.165, 1.54) is 12.8 Å². The Bertz CT molecular complexity index is 887. The lowest BCUT2D eigenvalue weighted by Crippen LogP contribution is -2.32. The van der Waals surface area contributed by atoms with Crippen LogP contribution in [-0.2, 0) is 11.8 Å². The van der Waals surface area contributed by atoms with Crippen molar-refractivity contribution in [2.24, 2.45) is 18.9 Å². The Kier molecular flexibility index (Phi) is 4.33. The molecule has 2 aromatic rings. The number of rotatable bonds is 4. The van der Waals surface area contributed by atoms with Crippen molar-refractivity contribution in [3.05, 3.63) is 24.2 Å². The van der Waals surface area contributed by atoms with Gasteiger partial charge in [-0.05, 0) is 44.1 Å². The molecule has 28 heavy (non-hydrogen) atoms. The van der Waals surface area contributed by atoms with Gasteiger partial charge in [-0.3, -0.25) is 9.48 Å². The van der Waals surface area contributed by atoms with Crippen molar-refractivity contribution in [2.45, 2.75) is 45.1 Å². The van der Waals surface area contributed by atoms with Gasteiger partial charge < -0.3 is 9.80 Å². The molecule has 0 N–H and O–H groups in total. The summed E-state index contributed by atoms with van der Waals surface area (Å²) in [5.74, 6) is 1.86. The average molecular weight is 380 g/mol. The normalized spacial score (nSPS) is 26.9. The van der Waals surface area contributed by atoms with Crippen molar-refractivity contribution < 1.29 is 4.79 Å². The van der Waals surface area contributed by atoms with Gasteiger partial charge in [0.15, 0.2) is 0 Å². The van der Waals surface area contributed by atoms with Gasteiger partial charge in [-0.25, -0.2) is 9.97 Å².